The van der Waals surface area contributed by atoms with Gasteiger partial charge in [-0.2, -0.15) is 11.8 Å². The van der Waals surface area contributed by atoms with Gasteiger partial charge in [-0.3, -0.25) is 11.3 Å². The average Bonchev–Trinajstić information content (AvgIpc) is 2.32. The van der Waals surface area contributed by atoms with Crippen LogP contribution >= 0.6 is 11.8 Å². The van der Waals surface area contributed by atoms with Crippen molar-refractivity contribution in [2.45, 2.75) is 33.2 Å². The Morgan fingerprint density at radius 1 is 1.33 bits per heavy atom. The van der Waals surface area contributed by atoms with Crippen molar-refractivity contribution in [1.29, 1.82) is 0 Å². The van der Waals surface area contributed by atoms with E-state index < -0.39 is 0 Å². The Morgan fingerprint density at radius 2 is 2.06 bits per heavy atom. The fourth-order valence-corrected chi connectivity index (χ4v) is 2.84. The SMILES string of the molecule is Cc1ccc(F)cc1CC(CSCC(C)C)NN. The molecule has 0 spiro atoms. The zero-order valence-corrected chi connectivity index (χ0v) is 12.2. The molecule has 1 aromatic carbocycles. The van der Waals surface area contributed by atoms with E-state index in [0.29, 0.717) is 5.92 Å². The van der Waals surface area contributed by atoms with E-state index in [-0.39, 0.29) is 11.9 Å². The van der Waals surface area contributed by atoms with Crippen molar-refractivity contribution in [3.05, 3.63) is 35.1 Å². The summed E-state index contributed by atoms with van der Waals surface area (Å²) in [6.07, 6.45) is 0.769. The monoisotopic (exact) mass is 270 g/mol. The summed E-state index contributed by atoms with van der Waals surface area (Å²) >= 11 is 1.89. The quantitative estimate of drug-likeness (QED) is 0.591. The minimum Gasteiger partial charge on any atom is -0.271 e. The Morgan fingerprint density at radius 3 is 2.67 bits per heavy atom. The normalized spacial score (nSPS) is 13.0. The molecule has 0 saturated carbocycles. The lowest BCUT2D eigenvalue weighted by molar-refractivity contribution is 0.568. The maximum atomic E-state index is 13.2. The van der Waals surface area contributed by atoms with Crippen LogP contribution in [-0.2, 0) is 6.42 Å². The average molecular weight is 270 g/mol. The highest BCUT2D eigenvalue weighted by Crippen LogP contribution is 2.15. The predicted molar refractivity (Wildman–Crippen MR) is 78.1 cm³/mol. The van der Waals surface area contributed by atoms with Crippen molar-refractivity contribution >= 4 is 11.8 Å². The molecule has 1 aromatic rings. The first kappa shape index (κ1) is 15.5. The van der Waals surface area contributed by atoms with Crippen LogP contribution in [-0.4, -0.2) is 17.5 Å². The molecule has 0 heterocycles. The summed E-state index contributed by atoms with van der Waals surface area (Å²) in [6.45, 7) is 6.41. The van der Waals surface area contributed by atoms with E-state index in [2.05, 4.69) is 19.3 Å². The van der Waals surface area contributed by atoms with E-state index in [1.807, 2.05) is 24.8 Å². The molecule has 0 bridgehead atoms. The number of hydrogen-bond acceptors (Lipinski definition) is 3. The smallest absolute Gasteiger partial charge is 0.123 e. The zero-order chi connectivity index (χ0) is 13.5. The third-order valence-corrected chi connectivity index (χ3v) is 4.32. The number of rotatable bonds is 7. The number of benzene rings is 1. The number of thioether (sulfide) groups is 1. The van der Waals surface area contributed by atoms with E-state index in [1.165, 1.54) is 6.07 Å². The molecular formula is C14H23FN2S. The summed E-state index contributed by atoms with van der Waals surface area (Å²) in [5.74, 6) is 8.15. The molecule has 102 valence electrons. The highest BCUT2D eigenvalue weighted by molar-refractivity contribution is 7.99. The number of hydrogen-bond donors (Lipinski definition) is 2. The molecule has 1 rings (SSSR count). The van der Waals surface area contributed by atoms with Gasteiger partial charge in [0.25, 0.3) is 0 Å². The molecule has 2 nitrogen and oxygen atoms in total. The first-order valence-electron chi connectivity index (χ1n) is 6.31. The summed E-state index contributed by atoms with van der Waals surface area (Å²) < 4.78 is 13.2. The Hall–Kier alpha value is -0.580. The lowest BCUT2D eigenvalue weighted by Gasteiger charge is -2.17. The Labute approximate surface area is 113 Å². The number of nitrogens with one attached hydrogen (secondary N) is 1. The van der Waals surface area contributed by atoms with E-state index >= 15 is 0 Å². The molecule has 18 heavy (non-hydrogen) atoms. The molecule has 0 amide bonds. The van der Waals surface area contributed by atoms with Crippen molar-refractivity contribution in [1.82, 2.24) is 5.43 Å². The second-order valence-corrected chi connectivity index (χ2v) is 6.14. The van der Waals surface area contributed by atoms with Gasteiger partial charge in [0.05, 0.1) is 0 Å². The molecule has 0 aliphatic rings. The first-order chi connectivity index (χ1) is 8.52. The van der Waals surface area contributed by atoms with Crippen molar-refractivity contribution in [3.63, 3.8) is 0 Å². The van der Waals surface area contributed by atoms with Gasteiger partial charge in [0.1, 0.15) is 5.82 Å². The van der Waals surface area contributed by atoms with Gasteiger partial charge in [0, 0.05) is 11.8 Å². The van der Waals surface area contributed by atoms with Crippen molar-refractivity contribution in [2.24, 2.45) is 11.8 Å². The number of hydrazine groups is 1. The minimum absolute atomic E-state index is 0.179. The number of nitrogens with two attached hydrogens (primary N) is 1. The van der Waals surface area contributed by atoms with Crippen LogP contribution in [0, 0.1) is 18.7 Å². The molecular weight excluding hydrogens is 247 g/mol. The maximum Gasteiger partial charge on any atom is 0.123 e. The molecule has 1 atom stereocenters. The second kappa shape index (κ2) is 7.77. The van der Waals surface area contributed by atoms with Gasteiger partial charge >= 0.3 is 0 Å². The standard InChI is InChI=1S/C14H23FN2S/c1-10(2)8-18-9-14(17-16)7-12-6-13(15)5-4-11(12)3/h4-6,10,14,17H,7-9,16H2,1-3H3. The summed E-state index contributed by atoms with van der Waals surface area (Å²) in [5, 5.41) is 0. The van der Waals surface area contributed by atoms with Gasteiger partial charge in [-0.1, -0.05) is 19.9 Å². The molecule has 0 radical (unpaired) electrons. The Bertz CT molecular complexity index is 369. The van der Waals surface area contributed by atoms with E-state index in [1.54, 1.807) is 6.07 Å². The molecule has 0 saturated heterocycles. The van der Waals surface area contributed by atoms with Crippen LogP contribution in [0.3, 0.4) is 0 Å². The molecule has 3 N–H and O–H groups in total. The van der Waals surface area contributed by atoms with Crippen LogP contribution in [0.4, 0.5) is 4.39 Å². The number of aryl methyl sites for hydroxylation is 1. The fourth-order valence-electron chi connectivity index (χ4n) is 1.74. The molecule has 4 heteroatoms. The number of halogens is 1. The lowest BCUT2D eigenvalue weighted by atomic mass is 10.0. The first-order valence-corrected chi connectivity index (χ1v) is 7.47. The van der Waals surface area contributed by atoms with Crippen molar-refractivity contribution < 1.29 is 4.39 Å². The van der Waals surface area contributed by atoms with Crippen LogP contribution in [0.1, 0.15) is 25.0 Å². The molecule has 0 aliphatic heterocycles. The van der Waals surface area contributed by atoms with Gasteiger partial charge in [-0.15, -0.1) is 0 Å². The van der Waals surface area contributed by atoms with Gasteiger partial charge < -0.3 is 0 Å². The van der Waals surface area contributed by atoms with Crippen LogP contribution < -0.4 is 11.3 Å². The summed E-state index contributed by atoms with van der Waals surface area (Å²) in [6, 6.07) is 5.11. The predicted octanol–water partition coefficient (Wildman–Crippen LogP) is 2.90. The van der Waals surface area contributed by atoms with Crippen LogP contribution in [0.2, 0.25) is 0 Å². The highest BCUT2D eigenvalue weighted by Gasteiger charge is 2.10. The second-order valence-electron chi connectivity index (χ2n) is 5.07. The van der Waals surface area contributed by atoms with E-state index in [0.717, 1.165) is 29.1 Å². The molecule has 1 unspecified atom stereocenters. The summed E-state index contributed by atoms with van der Waals surface area (Å²) in [5.41, 5.74) is 4.97. The molecule has 0 fully saturated rings. The summed E-state index contributed by atoms with van der Waals surface area (Å²) in [4.78, 5) is 0. The minimum atomic E-state index is -0.179. The van der Waals surface area contributed by atoms with E-state index in [9.17, 15) is 4.39 Å². The van der Waals surface area contributed by atoms with Crippen molar-refractivity contribution in [3.8, 4) is 0 Å². The topological polar surface area (TPSA) is 38.0 Å². The third kappa shape index (κ3) is 5.38. The van der Waals surface area contributed by atoms with Gasteiger partial charge in [0.2, 0.25) is 0 Å². The highest BCUT2D eigenvalue weighted by atomic mass is 32.2. The maximum absolute atomic E-state index is 13.2. The van der Waals surface area contributed by atoms with Crippen LogP contribution in [0.25, 0.3) is 0 Å². The third-order valence-electron chi connectivity index (χ3n) is 2.78. The summed E-state index contributed by atoms with van der Waals surface area (Å²) in [7, 11) is 0. The Balaban J connectivity index is 2.54. The largest absolute Gasteiger partial charge is 0.271 e. The molecule has 0 aromatic heterocycles. The van der Waals surface area contributed by atoms with Crippen LogP contribution in [0.15, 0.2) is 18.2 Å². The fraction of sp³-hybridized carbons (Fsp3) is 0.571. The van der Waals surface area contributed by atoms with Gasteiger partial charge in [-0.25, -0.2) is 4.39 Å². The van der Waals surface area contributed by atoms with Crippen LogP contribution in [0.5, 0.6) is 0 Å². The van der Waals surface area contributed by atoms with Gasteiger partial charge in [0.15, 0.2) is 0 Å². The van der Waals surface area contributed by atoms with E-state index in [4.69, 9.17) is 5.84 Å². The zero-order valence-electron chi connectivity index (χ0n) is 11.4. The molecule has 0 aliphatic carbocycles. The van der Waals surface area contributed by atoms with Gasteiger partial charge in [-0.05, 0) is 48.3 Å². The Kier molecular flexibility index (Phi) is 6.68. The van der Waals surface area contributed by atoms with Crippen molar-refractivity contribution in [2.75, 3.05) is 11.5 Å². The lowest BCUT2D eigenvalue weighted by Crippen LogP contribution is -2.39.